The van der Waals surface area contributed by atoms with E-state index in [1.165, 1.54) is 0 Å². The number of hydrogen-bond donors (Lipinski definition) is 2. The van der Waals surface area contributed by atoms with Gasteiger partial charge in [0, 0.05) is 31.4 Å². The fraction of sp³-hybridized carbons (Fsp3) is 0.429. The van der Waals surface area contributed by atoms with Gasteiger partial charge in [-0.05, 0) is 19.1 Å². The Hall–Kier alpha value is -2.24. The molecule has 0 fully saturated rings. The standard InChI is InChI=1S/C14H20N4O2/c1-11-15-6-8-18(11)9-7-16-14(19)17-12-4-3-5-13(10-12)20-2/h3-5,10H,6-9H2,1-2H3,(H2,16,17,19). The molecule has 0 unspecified atom stereocenters. The predicted octanol–water partition coefficient (Wildman–Crippen LogP) is 1.55. The van der Waals surface area contributed by atoms with E-state index in [1.54, 1.807) is 13.2 Å². The van der Waals surface area contributed by atoms with E-state index in [9.17, 15) is 4.79 Å². The van der Waals surface area contributed by atoms with Gasteiger partial charge >= 0.3 is 6.03 Å². The van der Waals surface area contributed by atoms with Crippen molar-refractivity contribution in [3.8, 4) is 5.75 Å². The SMILES string of the molecule is COc1cccc(NC(=O)NCCN2CCN=C2C)c1. The second-order valence-corrected chi connectivity index (χ2v) is 4.53. The van der Waals surface area contributed by atoms with Crippen molar-refractivity contribution >= 4 is 17.6 Å². The maximum absolute atomic E-state index is 11.8. The Kier molecular flexibility index (Phi) is 4.81. The van der Waals surface area contributed by atoms with Crippen LogP contribution in [-0.2, 0) is 0 Å². The smallest absolute Gasteiger partial charge is 0.319 e. The largest absolute Gasteiger partial charge is 0.497 e. The van der Waals surface area contributed by atoms with Crippen molar-refractivity contribution in [1.82, 2.24) is 10.2 Å². The number of rotatable bonds is 5. The third-order valence-electron chi connectivity index (χ3n) is 3.16. The zero-order valence-corrected chi connectivity index (χ0v) is 11.8. The molecule has 0 atom stereocenters. The van der Waals surface area contributed by atoms with Crippen LogP contribution in [0.1, 0.15) is 6.92 Å². The Labute approximate surface area is 118 Å². The van der Waals surface area contributed by atoms with E-state index in [1.807, 2.05) is 25.1 Å². The maximum Gasteiger partial charge on any atom is 0.319 e. The van der Waals surface area contributed by atoms with E-state index in [2.05, 4.69) is 20.5 Å². The van der Waals surface area contributed by atoms with Crippen molar-refractivity contribution in [3.05, 3.63) is 24.3 Å². The van der Waals surface area contributed by atoms with Gasteiger partial charge in [0.2, 0.25) is 0 Å². The summed E-state index contributed by atoms with van der Waals surface area (Å²) in [7, 11) is 1.60. The Morgan fingerprint density at radius 1 is 1.50 bits per heavy atom. The molecule has 0 radical (unpaired) electrons. The first kappa shape index (κ1) is 14.2. The topological polar surface area (TPSA) is 66.0 Å². The average Bonchev–Trinajstić information content (AvgIpc) is 2.85. The number of carbonyl (C=O) groups is 1. The van der Waals surface area contributed by atoms with Crippen LogP contribution in [0.25, 0.3) is 0 Å². The lowest BCUT2D eigenvalue weighted by molar-refractivity contribution is 0.251. The van der Waals surface area contributed by atoms with Crippen molar-refractivity contribution in [1.29, 1.82) is 0 Å². The average molecular weight is 276 g/mol. The number of nitrogens with zero attached hydrogens (tertiary/aromatic N) is 2. The molecule has 108 valence electrons. The van der Waals surface area contributed by atoms with E-state index < -0.39 is 0 Å². The minimum absolute atomic E-state index is 0.216. The van der Waals surface area contributed by atoms with Gasteiger partial charge < -0.3 is 20.3 Å². The summed E-state index contributed by atoms with van der Waals surface area (Å²) in [4.78, 5) is 18.2. The van der Waals surface area contributed by atoms with Gasteiger partial charge in [-0.2, -0.15) is 0 Å². The van der Waals surface area contributed by atoms with Gasteiger partial charge in [0.25, 0.3) is 0 Å². The third-order valence-corrected chi connectivity index (χ3v) is 3.16. The zero-order valence-electron chi connectivity index (χ0n) is 11.8. The lowest BCUT2D eigenvalue weighted by Crippen LogP contribution is -2.37. The Bertz CT molecular complexity index is 502. The van der Waals surface area contributed by atoms with Gasteiger partial charge in [0.1, 0.15) is 5.75 Å². The van der Waals surface area contributed by atoms with Crippen molar-refractivity contribution in [3.63, 3.8) is 0 Å². The first-order valence-corrected chi connectivity index (χ1v) is 6.64. The second-order valence-electron chi connectivity index (χ2n) is 4.53. The van der Waals surface area contributed by atoms with Crippen molar-refractivity contribution < 1.29 is 9.53 Å². The summed E-state index contributed by atoms with van der Waals surface area (Å²) >= 11 is 0. The molecule has 0 aromatic heterocycles. The molecule has 1 aliphatic rings. The predicted molar refractivity (Wildman–Crippen MR) is 79.6 cm³/mol. The van der Waals surface area contributed by atoms with Gasteiger partial charge in [-0.15, -0.1) is 0 Å². The minimum Gasteiger partial charge on any atom is -0.497 e. The van der Waals surface area contributed by atoms with E-state index in [0.29, 0.717) is 18.0 Å². The lowest BCUT2D eigenvalue weighted by atomic mass is 10.3. The quantitative estimate of drug-likeness (QED) is 0.857. The number of hydrogen-bond acceptors (Lipinski definition) is 4. The molecule has 6 nitrogen and oxygen atoms in total. The number of urea groups is 1. The molecule has 20 heavy (non-hydrogen) atoms. The molecule has 0 saturated heterocycles. The number of carbonyl (C=O) groups excluding carboxylic acids is 1. The van der Waals surface area contributed by atoms with Crippen LogP contribution in [0.4, 0.5) is 10.5 Å². The van der Waals surface area contributed by atoms with Crippen molar-refractivity contribution in [2.75, 3.05) is 38.6 Å². The summed E-state index contributed by atoms with van der Waals surface area (Å²) < 4.78 is 5.11. The van der Waals surface area contributed by atoms with Crippen molar-refractivity contribution in [2.45, 2.75) is 6.92 Å². The molecule has 1 heterocycles. The van der Waals surface area contributed by atoms with Gasteiger partial charge in [-0.3, -0.25) is 4.99 Å². The number of aliphatic imine (C=N–C) groups is 1. The molecule has 2 N–H and O–H groups in total. The van der Waals surface area contributed by atoms with Crippen LogP contribution in [0.15, 0.2) is 29.3 Å². The van der Waals surface area contributed by atoms with Crippen molar-refractivity contribution in [2.24, 2.45) is 4.99 Å². The highest BCUT2D eigenvalue weighted by Gasteiger charge is 2.11. The molecular weight excluding hydrogens is 256 g/mol. The highest BCUT2D eigenvalue weighted by molar-refractivity contribution is 5.89. The molecule has 2 rings (SSSR count). The van der Waals surface area contributed by atoms with Crippen LogP contribution >= 0.6 is 0 Å². The summed E-state index contributed by atoms with van der Waals surface area (Å²) in [5.74, 6) is 1.76. The fourth-order valence-corrected chi connectivity index (χ4v) is 2.05. The Balaban J connectivity index is 1.73. The summed E-state index contributed by atoms with van der Waals surface area (Å²) in [5.41, 5.74) is 0.709. The number of methoxy groups -OCH3 is 1. The van der Waals surface area contributed by atoms with Crippen LogP contribution in [0.3, 0.4) is 0 Å². The number of anilines is 1. The number of nitrogens with one attached hydrogen (secondary N) is 2. The second kappa shape index (κ2) is 6.79. The molecule has 0 bridgehead atoms. The minimum atomic E-state index is -0.216. The van der Waals surface area contributed by atoms with Crippen LogP contribution < -0.4 is 15.4 Å². The first-order valence-electron chi connectivity index (χ1n) is 6.64. The van der Waals surface area contributed by atoms with Gasteiger partial charge in [-0.25, -0.2) is 4.79 Å². The van der Waals surface area contributed by atoms with Crippen LogP contribution in [0, 0.1) is 0 Å². The highest BCUT2D eigenvalue weighted by Crippen LogP contribution is 2.16. The molecular formula is C14H20N4O2. The zero-order chi connectivity index (χ0) is 14.4. The monoisotopic (exact) mass is 276 g/mol. The Morgan fingerprint density at radius 2 is 2.35 bits per heavy atom. The van der Waals surface area contributed by atoms with Gasteiger partial charge in [-0.1, -0.05) is 6.07 Å². The van der Waals surface area contributed by atoms with E-state index in [-0.39, 0.29) is 6.03 Å². The fourth-order valence-electron chi connectivity index (χ4n) is 2.05. The summed E-state index contributed by atoms with van der Waals surface area (Å²) in [5, 5.41) is 5.60. The van der Waals surface area contributed by atoms with Gasteiger partial charge in [0.05, 0.1) is 19.5 Å². The molecule has 1 aliphatic heterocycles. The molecule has 6 heteroatoms. The Morgan fingerprint density at radius 3 is 3.05 bits per heavy atom. The third kappa shape index (κ3) is 3.88. The molecule has 1 aromatic rings. The van der Waals surface area contributed by atoms with Crippen LogP contribution in [0.5, 0.6) is 5.75 Å². The highest BCUT2D eigenvalue weighted by atomic mass is 16.5. The molecule has 0 aliphatic carbocycles. The van der Waals surface area contributed by atoms with Crippen LogP contribution in [0.2, 0.25) is 0 Å². The van der Waals surface area contributed by atoms with E-state index >= 15 is 0 Å². The lowest BCUT2D eigenvalue weighted by Gasteiger charge is -2.18. The normalized spacial score (nSPS) is 13.9. The molecule has 1 aromatic carbocycles. The molecule has 0 spiro atoms. The van der Waals surface area contributed by atoms with E-state index in [0.717, 1.165) is 25.5 Å². The number of amidine groups is 1. The molecule has 0 saturated carbocycles. The number of ether oxygens (including phenoxy) is 1. The number of amides is 2. The van der Waals surface area contributed by atoms with Gasteiger partial charge in [0.15, 0.2) is 0 Å². The first-order chi connectivity index (χ1) is 9.69. The molecule has 2 amide bonds. The maximum atomic E-state index is 11.8. The summed E-state index contributed by atoms with van der Waals surface area (Å²) in [6.45, 7) is 5.14. The summed E-state index contributed by atoms with van der Waals surface area (Å²) in [6.07, 6.45) is 0. The van der Waals surface area contributed by atoms with Crippen LogP contribution in [-0.4, -0.2) is 50.1 Å². The number of benzene rings is 1. The van der Waals surface area contributed by atoms with E-state index in [4.69, 9.17) is 4.74 Å². The summed E-state index contributed by atoms with van der Waals surface area (Å²) in [6, 6.07) is 7.04.